The summed E-state index contributed by atoms with van der Waals surface area (Å²) in [7, 11) is 0. The molecule has 4 nitrogen and oxygen atoms in total. The van der Waals surface area contributed by atoms with Gasteiger partial charge in [-0.1, -0.05) is 18.2 Å². The standard InChI is InChI=1S/C44H40GeN2O2/c1-25(2)35-23-27(45(5,6)7)24-36(26(3)4)40(35)47-38-17-10-9-16-37(38)46-44(47)34-15-12-14-29-31-21-22-32-33(42(31)49-43(29)34)20-19-30-28-13-8-11-18-39(28)48-41(30)32/h8-26H,1-7H3. The minimum atomic E-state index is -2.14. The van der Waals surface area contributed by atoms with Crippen LogP contribution in [0.25, 0.3) is 82.8 Å². The molecule has 3 aromatic heterocycles. The van der Waals surface area contributed by atoms with E-state index in [1.54, 1.807) is 4.40 Å². The van der Waals surface area contributed by atoms with Crippen LogP contribution in [-0.2, 0) is 0 Å². The first-order valence-corrected chi connectivity index (χ1v) is 24.8. The van der Waals surface area contributed by atoms with E-state index in [4.69, 9.17) is 13.8 Å². The summed E-state index contributed by atoms with van der Waals surface area (Å²) >= 11 is -2.14. The minimum absolute atomic E-state index is 0.342. The summed E-state index contributed by atoms with van der Waals surface area (Å²) in [6.45, 7) is 9.30. The molecular weight excluding hydrogens is 661 g/mol. The number of fused-ring (bicyclic) bond motifs is 10. The predicted octanol–water partition coefficient (Wildman–Crippen LogP) is 12.4. The molecule has 0 N–H and O–H groups in total. The topological polar surface area (TPSA) is 44.1 Å². The molecule has 0 aliphatic carbocycles. The number of aromatic nitrogens is 2. The molecule has 3 heterocycles. The predicted molar refractivity (Wildman–Crippen MR) is 210 cm³/mol. The molecule has 0 amide bonds. The number of rotatable bonds is 5. The van der Waals surface area contributed by atoms with Crippen LogP contribution in [0, 0.1) is 0 Å². The molecule has 6 aromatic carbocycles. The van der Waals surface area contributed by atoms with Crippen molar-refractivity contribution in [2.45, 2.75) is 56.8 Å². The molecule has 5 heteroatoms. The molecule has 0 aliphatic heterocycles. The van der Waals surface area contributed by atoms with E-state index in [1.807, 2.05) is 12.1 Å². The fourth-order valence-corrected chi connectivity index (χ4v) is 10.2. The van der Waals surface area contributed by atoms with Gasteiger partial charge < -0.3 is 4.42 Å². The van der Waals surface area contributed by atoms with E-state index >= 15 is 0 Å². The van der Waals surface area contributed by atoms with Crippen LogP contribution in [0.1, 0.15) is 50.7 Å². The van der Waals surface area contributed by atoms with E-state index in [0.29, 0.717) is 11.8 Å². The number of benzene rings is 6. The van der Waals surface area contributed by atoms with Crippen molar-refractivity contribution in [2.24, 2.45) is 0 Å². The van der Waals surface area contributed by atoms with Gasteiger partial charge in [0.1, 0.15) is 11.2 Å². The van der Waals surface area contributed by atoms with Gasteiger partial charge in [0.25, 0.3) is 0 Å². The average molecular weight is 701 g/mol. The van der Waals surface area contributed by atoms with Crippen LogP contribution in [0.5, 0.6) is 0 Å². The van der Waals surface area contributed by atoms with Crippen LogP contribution in [0.15, 0.2) is 112 Å². The summed E-state index contributed by atoms with van der Waals surface area (Å²) in [6, 6.07) is 37.0. The monoisotopic (exact) mass is 702 g/mol. The van der Waals surface area contributed by atoms with Crippen molar-refractivity contribution >= 4 is 83.3 Å². The quantitative estimate of drug-likeness (QED) is 0.168. The summed E-state index contributed by atoms with van der Waals surface area (Å²) in [5, 5.41) is 6.53. The van der Waals surface area contributed by atoms with Crippen LogP contribution in [0.4, 0.5) is 0 Å². The summed E-state index contributed by atoms with van der Waals surface area (Å²) in [5.41, 5.74) is 10.6. The van der Waals surface area contributed by atoms with Gasteiger partial charge >= 0.3 is 233 Å². The fraction of sp³-hybridized carbons (Fsp3) is 0.205. The second kappa shape index (κ2) is 10.8. The zero-order chi connectivity index (χ0) is 33.8. The van der Waals surface area contributed by atoms with Gasteiger partial charge in [-0.25, -0.2) is 0 Å². The number of para-hydroxylation sites is 4. The Morgan fingerprint density at radius 2 is 1.12 bits per heavy atom. The van der Waals surface area contributed by atoms with Crippen molar-refractivity contribution in [3.63, 3.8) is 0 Å². The van der Waals surface area contributed by atoms with Gasteiger partial charge in [-0.05, 0) is 12.1 Å². The first kappa shape index (κ1) is 30.3. The van der Waals surface area contributed by atoms with Gasteiger partial charge in [0.05, 0.1) is 0 Å². The molecule has 0 saturated heterocycles. The van der Waals surface area contributed by atoms with E-state index in [9.17, 15) is 0 Å². The average Bonchev–Trinajstić information content (AvgIpc) is 3.78. The van der Waals surface area contributed by atoms with Crippen LogP contribution in [0.3, 0.4) is 0 Å². The summed E-state index contributed by atoms with van der Waals surface area (Å²) < 4.78 is 17.4. The van der Waals surface area contributed by atoms with Crippen molar-refractivity contribution < 1.29 is 8.83 Å². The number of imidazole rings is 1. The third-order valence-corrected chi connectivity index (χ3v) is 14.5. The van der Waals surface area contributed by atoms with Gasteiger partial charge in [-0.3, -0.25) is 0 Å². The van der Waals surface area contributed by atoms with Gasteiger partial charge in [0, 0.05) is 10.8 Å². The second-order valence-electron chi connectivity index (χ2n) is 15.2. The van der Waals surface area contributed by atoms with Crippen molar-refractivity contribution in [2.75, 3.05) is 0 Å². The number of hydrogen-bond donors (Lipinski definition) is 0. The Bertz CT molecular complexity index is 2740. The molecule has 0 radical (unpaired) electrons. The molecule has 0 unspecified atom stereocenters. The molecule has 0 atom stereocenters. The summed E-state index contributed by atoms with van der Waals surface area (Å²) in [5.74, 6) is 9.07. The number of hydrogen-bond acceptors (Lipinski definition) is 3. The van der Waals surface area contributed by atoms with E-state index < -0.39 is 13.3 Å². The Morgan fingerprint density at radius 1 is 0.571 bits per heavy atom. The van der Waals surface area contributed by atoms with Gasteiger partial charge in [0.2, 0.25) is 0 Å². The Morgan fingerprint density at radius 3 is 1.78 bits per heavy atom. The fourth-order valence-electron chi connectivity index (χ4n) is 7.70. The zero-order valence-corrected chi connectivity index (χ0v) is 31.3. The van der Waals surface area contributed by atoms with Crippen LogP contribution < -0.4 is 4.40 Å². The SMILES string of the molecule is CC(C)c1c[c]([Ge]([CH3])([CH3])[CH3])cc(C(C)C)c1-n1c(-c2cccc3c2oc2c3ccc3c2ccc2c4ccccc4oc23)nc2ccccc21. The maximum atomic E-state index is 6.99. The molecule has 0 spiro atoms. The molecule has 0 saturated carbocycles. The van der Waals surface area contributed by atoms with E-state index in [1.165, 1.54) is 16.8 Å². The van der Waals surface area contributed by atoms with E-state index in [-0.39, 0.29) is 0 Å². The Kier molecular flexibility index (Phi) is 6.70. The van der Waals surface area contributed by atoms with Crippen LogP contribution in [0.2, 0.25) is 17.3 Å². The van der Waals surface area contributed by atoms with Gasteiger partial charge in [-0.2, -0.15) is 0 Å². The van der Waals surface area contributed by atoms with Crippen LogP contribution in [-0.4, -0.2) is 22.8 Å². The summed E-state index contributed by atoms with van der Waals surface area (Å²) in [4.78, 5) is 5.38. The third kappa shape index (κ3) is 4.53. The molecular formula is C44H40GeN2O2. The first-order chi connectivity index (χ1) is 23.6. The van der Waals surface area contributed by atoms with Gasteiger partial charge in [-0.15, -0.1) is 0 Å². The molecule has 49 heavy (non-hydrogen) atoms. The van der Waals surface area contributed by atoms with Crippen molar-refractivity contribution in [3.05, 3.63) is 114 Å². The van der Waals surface area contributed by atoms with Crippen molar-refractivity contribution in [1.29, 1.82) is 0 Å². The Labute approximate surface area is 288 Å². The maximum absolute atomic E-state index is 6.99. The number of nitrogens with zero attached hydrogens (tertiary/aromatic N) is 2. The Balaban J connectivity index is 1.36. The van der Waals surface area contributed by atoms with Crippen molar-refractivity contribution in [3.8, 4) is 17.1 Å². The zero-order valence-electron chi connectivity index (χ0n) is 29.2. The molecule has 9 rings (SSSR count). The third-order valence-electron chi connectivity index (χ3n) is 10.3. The van der Waals surface area contributed by atoms with Crippen molar-refractivity contribution in [1.82, 2.24) is 9.55 Å². The Hall–Kier alpha value is -4.81. The van der Waals surface area contributed by atoms with E-state index in [0.717, 1.165) is 77.1 Å². The molecule has 0 bridgehead atoms. The van der Waals surface area contributed by atoms with Crippen LogP contribution >= 0.6 is 0 Å². The molecule has 0 fully saturated rings. The normalized spacial score (nSPS) is 12.8. The second-order valence-corrected chi connectivity index (χ2v) is 25.8. The first-order valence-electron chi connectivity index (χ1n) is 17.4. The number of furan rings is 2. The summed E-state index contributed by atoms with van der Waals surface area (Å²) in [6.07, 6.45) is 0. The van der Waals surface area contributed by atoms with Gasteiger partial charge in [0.15, 0.2) is 0 Å². The van der Waals surface area contributed by atoms with E-state index in [2.05, 4.69) is 141 Å². The molecule has 242 valence electrons. The molecule has 0 aliphatic rings. The molecule has 9 aromatic rings.